The van der Waals surface area contributed by atoms with Crippen molar-refractivity contribution in [3.8, 4) is 0 Å². The molecule has 1 aromatic carbocycles. The van der Waals surface area contributed by atoms with Crippen molar-refractivity contribution < 1.29 is 9.53 Å². The van der Waals surface area contributed by atoms with Gasteiger partial charge in [-0.05, 0) is 37.9 Å². The fourth-order valence-corrected chi connectivity index (χ4v) is 1.93. The third kappa shape index (κ3) is 5.24. The van der Waals surface area contributed by atoms with Gasteiger partial charge in [-0.2, -0.15) is 0 Å². The number of nitrogens with zero attached hydrogens (tertiary/aromatic N) is 1. The number of ether oxygens (including phenoxy) is 1. The lowest BCUT2D eigenvalue weighted by Crippen LogP contribution is -2.26. The van der Waals surface area contributed by atoms with Gasteiger partial charge in [0.05, 0.1) is 13.2 Å². The van der Waals surface area contributed by atoms with Crippen LogP contribution in [0.4, 0.5) is 0 Å². The van der Waals surface area contributed by atoms with Crippen LogP contribution in [0.3, 0.4) is 0 Å². The molecule has 0 N–H and O–H groups in total. The minimum Gasteiger partial charge on any atom is -0.465 e. The first-order chi connectivity index (χ1) is 8.15. The second-order valence-corrected chi connectivity index (χ2v) is 4.71. The molecule has 0 saturated heterocycles. The van der Waals surface area contributed by atoms with Gasteiger partial charge in [0.2, 0.25) is 0 Å². The minimum absolute atomic E-state index is 0.171. The molecular weight excluding hydrogens is 234 g/mol. The van der Waals surface area contributed by atoms with Gasteiger partial charge in [-0.1, -0.05) is 12.1 Å². The number of carbonyl (C=O) groups excluding carboxylic acids is 1. The minimum atomic E-state index is -0.171. The smallest absolute Gasteiger partial charge is 0.320 e. The van der Waals surface area contributed by atoms with Crippen LogP contribution >= 0.6 is 11.8 Å². The number of thioether (sulfide) groups is 1. The molecule has 1 aromatic rings. The quantitative estimate of drug-likeness (QED) is 0.575. The van der Waals surface area contributed by atoms with Crippen LogP contribution < -0.4 is 0 Å². The summed E-state index contributed by atoms with van der Waals surface area (Å²) >= 11 is 1.73. The first-order valence-electron chi connectivity index (χ1n) is 5.62. The Hall–Kier alpha value is -1.00. The maximum Gasteiger partial charge on any atom is 0.320 e. The summed E-state index contributed by atoms with van der Waals surface area (Å²) in [5, 5.41) is 0. The maximum absolute atomic E-state index is 11.3. The van der Waals surface area contributed by atoms with E-state index in [1.165, 1.54) is 10.5 Å². The van der Waals surface area contributed by atoms with Crippen LogP contribution in [0.25, 0.3) is 0 Å². The van der Waals surface area contributed by atoms with Crippen LogP contribution in [-0.4, -0.2) is 37.3 Å². The zero-order chi connectivity index (χ0) is 12.7. The Labute approximate surface area is 107 Å². The Morgan fingerprint density at radius 3 is 2.53 bits per heavy atom. The molecule has 0 unspecified atom stereocenters. The molecule has 0 saturated carbocycles. The van der Waals surface area contributed by atoms with Crippen molar-refractivity contribution >= 4 is 17.7 Å². The molecular formula is C13H19NO2S. The van der Waals surface area contributed by atoms with Crippen LogP contribution in [0.5, 0.6) is 0 Å². The van der Waals surface area contributed by atoms with Crippen molar-refractivity contribution in [3.05, 3.63) is 29.8 Å². The highest BCUT2D eigenvalue weighted by Gasteiger charge is 2.07. The van der Waals surface area contributed by atoms with Gasteiger partial charge in [-0.3, -0.25) is 9.69 Å². The van der Waals surface area contributed by atoms with E-state index < -0.39 is 0 Å². The SMILES string of the molecule is CCOC(=O)CN(C)Cc1ccc(SC)cc1. The average Bonchev–Trinajstić information content (AvgIpc) is 2.30. The molecule has 17 heavy (non-hydrogen) atoms. The third-order valence-corrected chi connectivity index (χ3v) is 3.06. The molecule has 0 atom stereocenters. The number of carbonyl (C=O) groups is 1. The summed E-state index contributed by atoms with van der Waals surface area (Å²) in [6.07, 6.45) is 2.06. The van der Waals surface area contributed by atoms with Gasteiger partial charge in [0.15, 0.2) is 0 Å². The molecule has 0 amide bonds. The van der Waals surface area contributed by atoms with E-state index in [1.807, 2.05) is 18.9 Å². The lowest BCUT2D eigenvalue weighted by molar-refractivity contribution is -0.144. The van der Waals surface area contributed by atoms with Gasteiger partial charge in [-0.15, -0.1) is 11.8 Å². The predicted molar refractivity (Wildman–Crippen MR) is 71.2 cm³/mol. The van der Waals surface area contributed by atoms with Gasteiger partial charge in [0.1, 0.15) is 0 Å². The van der Waals surface area contributed by atoms with E-state index in [0.29, 0.717) is 13.2 Å². The van der Waals surface area contributed by atoms with Crippen molar-refractivity contribution in [1.29, 1.82) is 0 Å². The molecule has 0 fully saturated rings. The van der Waals surface area contributed by atoms with Crippen molar-refractivity contribution in [1.82, 2.24) is 4.90 Å². The van der Waals surface area contributed by atoms with Crippen LogP contribution in [0.1, 0.15) is 12.5 Å². The Morgan fingerprint density at radius 1 is 1.35 bits per heavy atom. The lowest BCUT2D eigenvalue weighted by Gasteiger charge is -2.15. The molecule has 4 heteroatoms. The monoisotopic (exact) mass is 253 g/mol. The zero-order valence-electron chi connectivity index (χ0n) is 10.6. The summed E-state index contributed by atoms with van der Waals surface area (Å²) in [6, 6.07) is 8.37. The van der Waals surface area contributed by atoms with Crippen molar-refractivity contribution in [3.63, 3.8) is 0 Å². The number of benzene rings is 1. The van der Waals surface area contributed by atoms with Crippen molar-refractivity contribution in [2.24, 2.45) is 0 Å². The summed E-state index contributed by atoms with van der Waals surface area (Å²) in [6.45, 7) is 3.35. The second kappa shape index (κ2) is 7.35. The van der Waals surface area contributed by atoms with E-state index in [1.54, 1.807) is 11.8 Å². The summed E-state index contributed by atoms with van der Waals surface area (Å²) in [5.74, 6) is -0.171. The average molecular weight is 253 g/mol. The molecule has 0 bridgehead atoms. The molecule has 0 aliphatic heterocycles. The molecule has 94 valence electrons. The summed E-state index contributed by atoms with van der Waals surface area (Å²) in [7, 11) is 1.92. The molecule has 3 nitrogen and oxygen atoms in total. The van der Waals surface area contributed by atoms with Crippen molar-refractivity contribution in [2.75, 3.05) is 26.5 Å². The molecule has 0 aliphatic carbocycles. The fourth-order valence-electron chi connectivity index (χ4n) is 1.53. The Kier molecular flexibility index (Phi) is 6.08. The zero-order valence-corrected chi connectivity index (χ0v) is 11.4. The highest BCUT2D eigenvalue weighted by molar-refractivity contribution is 7.98. The highest BCUT2D eigenvalue weighted by Crippen LogP contribution is 2.15. The van der Waals surface area contributed by atoms with E-state index in [2.05, 4.69) is 30.5 Å². The van der Waals surface area contributed by atoms with Crippen LogP contribution in [0, 0.1) is 0 Å². The Balaban J connectivity index is 2.44. The van der Waals surface area contributed by atoms with Crippen molar-refractivity contribution in [2.45, 2.75) is 18.4 Å². The largest absolute Gasteiger partial charge is 0.465 e. The van der Waals surface area contributed by atoms with E-state index in [0.717, 1.165) is 6.54 Å². The molecule has 0 radical (unpaired) electrons. The second-order valence-electron chi connectivity index (χ2n) is 3.83. The van der Waals surface area contributed by atoms with E-state index in [9.17, 15) is 4.79 Å². The van der Waals surface area contributed by atoms with Crippen LogP contribution in [0.2, 0.25) is 0 Å². The third-order valence-electron chi connectivity index (χ3n) is 2.32. The van der Waals surface area contributed by atoms with Gasteiger partial charge in [0, 0.05) is 11.4 Å². The first kappa shape index (κ1) is 14.1. The number of hydrogen-bond donors (Lipinski definition) is 0. The number of rotatable bonds is 6. The highest BCUT2D eigenvalue weighted by atomic mass is 32.2. The summed E-state index contributed by atoms with van der Waals surface area (Å²) < 4.78 is 4.90. The van der Waals surface area contributed by atoms with Gasteiger partial charge in [-0.25, -0.2) is 0 Å². The van der Waals surface area contributed by atoms with Gasteiger partial charge in [0.25, 0.3) is 0 Å². The predicted octanol–water partition coefficient (Wildman–Crippen LogP) is 2.40. The normalized spacial score (nSPS) is 10.6. The van der Waals surface area contributed by atoms with Crippen LogP contribution in [0.15, 0.2) is 29.2 Å². The van der Waals surface area contributed by atoms with Gasteiger partial charge >= 0.3 is 5.97 Å². The molecule has 0 aliphatic rings. The Morgan fingerprint density at radius 2 is 2.00 bits per heavy atom. The molecule has 0 aromatic heterocycles. The molecule has 1 rings (SSSR count). The first-order valence-corrected chi connectivity index (χ1v) is 6.85. The molecule has 0 heterocycles. The van der Waals surface area contributed by atoms with E-state index in [-0.39, 0.29) is 5.97 Å². The van der Waals surface area contributed by atoms with Gasteiger partial charge < -0.3 is 4.74 Å². The number of esters is 1. The lowest BCUT2D eigenvalue weighted by atomic mass is 10.2. The standard InChI is InChI=1S/C13H19NO2S/c1-4-16-13(15)10-14(2)9-11-5-7-12(17-3)8-6-11/h5-8H,4,9-10H2,1-3H3. The Bertz CT molecular complexity index is 351. The fraction of sp³-hybridized carbons (Fsp3) is 0.462. The van der Waals surface area contributed by atoms with E-state index in [4.69, 9.17) is 4.74 Å². The number of likely N-dealkylation sites (N-methyl/N-ethyl adjacent to an activating group) is 1. The van der Waals surface area contributed by atoms with Crippen LogP contribution in [-0.2, 0) is 16.1 Å². The number of hydrogen-bond acceptors (Lipinski definition) is 4. The van der Waals surface area contributed by atoms with E-state index >= 15 is 0 Å². The summed E-state index contributed by atoms with van der Waals surface area (Å²) in [5.41, 5.74) is 1.20. The maximum atomic E-state index is 11.3. The topological polar surface area (TPSA) is 29.5 Å². The summed E-state index contributed by atoms with van der Waals surface area (Å²) in [4.78, 5) is 14.5. The molecule has 0 spiro atoms.